The molecule has 8 heteroatoms. The first kappa shape index (κ1) is 21.9. The molecule has 0 bridgehead atoms. The number of nitrogens with one attached hydrogen (secondary N) is 2. The maximum absolute atomic E-state index is 4.69. The molecule has 2 N–H and O–H groups in total. The molecule has 2 rings (SSSR count). The van der Waals surface area contributed by atoms with Crippen molar-refractivity contribution in [3.8, 4) is 0 Å². The predicted molar refractivity (Wildman–Crippen MR) is 116 cm³/mol. The average molecular weight is 476 g/mol. The van der Waals surface area contributed by atoms with Crippen molar-refractivity contribution in [2.75, 3.05) is 6.54 Å². The maximum Gasteiger partial charge on any atom is 0.191 e. The highest BCUT2D eigenvalue weighted by molar-refractivity contribution is 14.0. The molecule has 0 spiro atoms. The fraction of sp³-hybridized carbons (Fsp3) is 0.588. The molecule has 0 aliphatic carbocycles. The van der Waals surface area contributed by atoms with Crippen LogP contribution in [0.2, 0.25) is 0 Å². The van der Waals surface area contributed by atoms with Gasteiger partial charge in [-0.2, -0.15) is 5.10 Å². The van der Waals surface area contributed by atoms with E-state index in [0.29, 0.717) is 6.54 Å². The molecule has 25 heavy (non-hydrogen) atoms. The summed E-state index contributed by atoms with van der Waals surface area (Å²) < 4.78 is 1.95. The van der Waals surface area contributed by atoms with E-state index in [4.69, 9.17) is 4.99 Å². The molecule has 0 saturated heterocycles. The minimum Gasteiger partial charge on any atom is -0.357 e. The van der Waals surface area contributed by atoms with Crippen molar-refractivity contribution in [3.63, 3.8) is 0 Å². The van der Waals surface area contributed by atoms with Crippen LogP contribution in [0.4, 0.5) is 0 Å². The van der Waals surface area contributed by atoms with Crippen LogP contribution in [-0.4, -0.2) is 33.3 Å². The van der Waals surface area contributed by atoms with Gasteiger partial charge in [-0.1, -0.05) is 0 Å². The van der Waals surface area contributed by atoms with Gasteiger partial charge in [-0.3, -0.25) is 4.68 Å². The largest absolute Gasteiger partial charge is 0.357 e. The van der Waals surface area contributed by atoms with Crippen molar-refractivity contribution in [2.24, 2.45) is 12.0 Å². The van der Waals surface area contributed by atoms with Crippen LogP contribution >= 0.6 is 35.3 Å². The van der Waals surface area contributed by atoms with Crippen molar-refractivity contribution in [3.05, 3.63) is 33.0 Å². The average Bonchev–Trinajstić information content (AvgIpc) is 3.03. The zero-order valence-electron chi connectivity index (χ0n) is 15.9. The minimum absolute atomic E-state index is 0. The van der Waals surface area contributed by atoms with E-state index in [1.807, 2.05) is 24.2 Å². The van der Waals surface area contributed by atoms with E-state index in [1.54, 1.807) is 11.3 Å². The number of nitrogens with zero attached hydrogens (tertiary/aromatic N) is 4. The molecular formula is C17H29IN6S. The minimum atomic E-state index is 0. The third kappa shape index (κ3) is 5.95. The number of hydrogen-bond donors (Lipinski definition) is 2. The van der Waals surface area contributed by atoms with E-state index in [9.17, 15) is 0 Å². The van der Waals surface area contributed by atoms with Crippen molar-refractivity contribution in [1.82, 2.24) is 25.4 Å². The fourth-order valence-electron chi connectivity index (χ4n) is 2.65. The van der Waals surface area contributed by atoms with Crippen LogP contribution < -0.4 is 10.6 Å². The lowest BCUT2D eigenvalue weighted by Gasteiger charge is -2.18. The molecule has 0 saturated carbocycles. The van der Waals surface area contributed by atoms with Gasteiger partial charge in [-0.25, -0.2) is 9.98 Å². The maximum atomic E-state index is 4.69. The summed E-state index contributed by atoms with van der Waals surface area (Å²) in [6, 6.07) is 0.270. The van der Waals surface area contributed by atoms with E-state index in [1.165, 1.54) is 16.1 Å². The Kier molecular flexibility index (Phi) is 8.84. The lowest BCUT2D eigenvalue weighted by atomic mass is 10.1. The quantitative estimate of drug-likeness (QED) is 0.382. The van der Waals surface area contributed by atoms with Gasteiger partial charge < -0.3 is 10.6 Å². The van der Waals surface area contributed by atoms with Crippen molar-refractivity contribution >= 4 is 41.3 Å². The summed E-state index contributed by atoms with van der Waals surface area (Å²) in [7, 11) is 1.99. The third-order valence-corrected chi connectivity index (χ3v) is 5.04. The van der Waals surface area contributed by atoms with Crippen LogP contribution in [0.25, 0.3) is 0 Å². The summed E-state index contributed by atoms with van der Waals surface area (Å²) >= 11 is 1.65. The van der Waals surface area contributed by atoms with Gasteiger partial charge in [0.05, 0.1) is 23.4 Å². The van der Waals surface area contributed by atoms with Gasteiger partial charge in [0.15, 0.2) is 5.96 Å². The van der Waals surface area contributed by atoms with Crippen molar-refractivity contribution in [1.29, 1.82) is 0 Å². The van der Waals surface area contributed by atoms with Gasteiger partial charge in [0.2, 0.25) is 0 Å². The molecular weight excluding hydrogens is 447 g/mol. The molecule has 0 aliphatic heterocycles. The summed E-state index contributed by atoms with van der Waals surface area (Å²) in [5.74, 6) is 0.844. The molecule has 1 atom stereocenters. The summed E-state index contributed by atoms with van der Waals surface area (Å²) in [4.78, 5) is 10.2. The van der Waals surface area contributed by atoms with Crippen LogP contribution in [0.5, 0.6) is 0 Å². The van der Waals surface area contributed by atoms with Gasteiger partial charge in [-0.05, 0) is 46.6 Å². The van der Waals surface area contributed by atoms with Crippen LogP contribution in [0.1, 0.15) is 41.4 Å². The Labute approximate surface area is 171 Å². The van der Waals surface area contributed by atoms with Crippen LogP contribution in [0.15, 0.2) is 10.5 Å². The van der Waals surface area contributed by atoms with Crippen molar-refractivity contribution in [2.45, 2.75) is 53.6 Å². The number of aliphatic imine (C=N–C) groups is 1. The number of aryl methyl sites for hydroxylation is 3. The van der Waals surface area contributed by atoms with Gasteiger partial charge in [0.25, 0.3) is 0 Å². The van der Waals surface area contributed by atoms with Crippen LogP contribution in [-0.2, 0) is 20.0 Å². The van der Waals surface area contributed by atoms with E-state index < -0.39 is 0 Å². The number of hydrogen-bond acceptors (Lipinski definition) is 4. The Bertz CT molecular complexity index is 706. The third-order valence-electron chi connectivity index (χ3n) is 4.12. The lowest BCUT2D eigenvalue weighted by molar-refractivity contribution is 0.636. The van der Waals surface area contributed by atoms with Gasteiger partial charge >= 0.3 is 0 Å². The Morgan fingerprint density at radius 2 is 2.04 bits per heavy atom. The predicted octanol–water partition coefficient (Wildman–Crippen LogP) is 3.11. The molecule has 2 aromatic heterocycles. The molecule has 0 amide bonds. The lowest BCUT2D eigenvalue weighted by Crippen LogP contribution is -2.43. The standard InChI is InChI=1S/C17H28N6S.HI/c1-7-18-17(19-9-16-13(4)20-10-24-16)21-11(2)8-15-12(3)22-23(6)14(15)5;/h10-11H,7-9H2,1-6H3,(H2,18,19,21);1H. The Balaban J connectivity index is 0.00000312. The van der Waals surface area contributed by atoms with E-state index in [-0.39, 0.29) is 30.0 Å². The number of guanidine groups is 1. The number of thiazole rings is 1. The number of rotatable bonds is 6. The smallest absolute Gasteiger partial charge is 0.191 e. The summed E-state index contributed by atoms with van der Waals surface area (Å²) in [6.45, 7) is 12.0. The van der Waals surface area contributed by atoms with Crippen LogP contribution in [0.3, 0.4) is 0 Å². The molecule has 0 aliphatic rings. The zero-order chi connectivity index (χ0) is 17.7. The molecule has 6 nitrogen and oxygen atoms in total. The topological polar surface area (TPSA) is 67.1 Å². The summed E-state index contributed by atoms with van der Waals surface area (Å²) in [5, 5.41) is 11.3. The molecule has 0 aromatic carbocycles. The first-order chi connectivity index (χ1) is 11.4. The molecule has 0 fully saturated rings. The SMILES string of the molecule is CCNC(=NCc1scnc1C)NC(C)Cc1c(C)nn(C)c1C.I. The Morgan fingerprint density at radius 1 is 1.32 bits per heavy atom. The Morgan fingerprint density at radius 3 is 2.56 bits per heavy atom. The zero-order valence-corrected chi connectivity index (χ0v) is 19.0. The number of aromatic nitrogens is 3. The van der Waals surface area contributed by atoms with E-state index in [2.05, 4.69) is 48.4 Å². The summed E-state index contributed by atoms with van der Waals surface area (Å²) in [6.07, 6.45) is 0.926. The molecule has 0 radical (unpaired) electrons. The molecule has 1 unspecified atom stereocenters. The van der Waals surface area contributed by atoms with Gasteiger partial charge in [0.1, 0.15) is 0 Å². The second kappa shape index (κ2) is 10.1. The highest BCUT2D eigenvalue weighted by atomic mass is 127. The monoisotopic (exact) mass is 476 g/mol. The number of halogens is 1. The fourth-order valence-corrected chi connectivity index (χ4v) is 3.35. The first-order valence-electron chi connectivity index (χ1n) is 8.35. The van der Waals surface area contributed by atoms with Crippen LogP contribution in [0, 0.1) is 20.8 Å². The second-order valence-electron chi connectivity index (χ2n) is 6.08. The van der Waals surface area contributed by atoms with E-state index in [0.717, 1.165) is 30.3 Å². The summed E-state index contributed by atoms with van der Waals surface area (Å²) in [5.41, 5.74) is 6.58. The highest BCUT2D eigenvalue weighted by Crippen LogP contribution is 2.15. The molecule has 140 valence electrons. The second-order valence-corrected chi connectivity index (χ2v) is 7.02. The Hall–Kier alpha value is -1.16. The highest BCUT2D eigenvalue weighted by Gasteiger charge is 2.14. The first-order valence-corrected chi connectivity index (χ1v) is 9.23. The van der Waals surface area contributed by atoms with Crippen molar-refractivity contribution < 1.29 is 0 Å². The molecule has 2 heterocycles. The van der Waals surface area contributed by atoms with Gasteiger partial charge in [-0.15, -0.1) is 35.3 Å². The van der Waals surface area contributed by atoms with Gasteiger partial charge in [0, 0.05) is 30.2 Å². The molecule has 2 aromatic rings. The van der Waals surface area contributed by atoms with E-state index >= 15 is 0 Å². The normalized spacial score (nSPS) is 12.6.